The third-order valence-electron chi connectivity index (χ3n) is 8.24. The zero-order chi connectivity index (χ0) is 27.8. The zero-order valence-corrected chi connectivity index (χ0v) is 28.6. The summed E-state index contributed by atoms with van der Waals surface area (Å²) in [5, 5.41) is 0. The van der Waals surface area contributed by atoms with Gasteiger partial charge in [0.1, 0.15) is 8.24 Å². The molecule has 2 unspecified atom stereocenters. The van der Waals surface area contributed by atoms with Gasteiger partial charge in [-0.2, -0.15) is 0 Å². The van der Waals surface area contributed by atoms with Gasteiger partial charge in [0.2, 0.25) is 0 Å². The summed E-state index contributed by atoms with van der Waals surface area (Å²) >= 11 is 0. The quantitative estimate of drug-likeness (QED) is 0.338. The van der Waals surface area contributed by atoms with Crippen molar-refractivity contribution in [3.63, 3.8) is 0 Å². The van der Waals surface area contributed by atoms with E-state index in [0.717, 1.165) is 0 Å². The molecule has 0 bridgehead atoms. The molecule has 0 aromatic heterocycles. The molecule has 0 aromatic carbocycles. The summed E-state index contributed by atoms with van der Waals surface area (Å²) in [6.07, 6.45) is 13.3. The van der Waals surface area contributed by atoms with Crippen molar-refractivity contribution in [2.75, 3.05) is 0 Å². The van der Waals surface area contributed by atoms with E-state index >= 15 is 0 Å². The monoisotopic (exact) mass is 508 g/mol. The number of nitrogens with one attached hydrogen (secondary N) is 1. The molecule has 0 radical (unpaired) electrons. The van der Waals surface area contributed by atoms with Gasteiger partial charge < -0.3 is 4.98 Å². The maximum atomic E-state index is 4.42. The third-order valence-corrected chi connectivity index (χ3v) is 9.52. The van der Waals surface area contributed by atoms with Gasteiger partial charge in [0.05, 0.1) is 0 Å². The number of rotatable bonds is 7. The standard InChI is InChI=1S/C33H69NSi/c1-27(2,3)23-29(7,8)17-20-33(34-35(14,15)16)21-18-30(9,10)25-31(11,12)26-32(13,19-22-33)24-28(4,5)6/h34H,17-26H2,1-16H3. The fourth-order valence-electron chi connectivity index (χ4n) is 8.70. The molecule has 1 aliphatic carbocycles. The van der Waals surface area contributed by atoms with Gasteiger partial charge >= 0.3 is 0 Å². The maximum absolute atomic E-state index is 4.42. The first-order chi connectivity index (χ1) is 15.2. The van der Waals surface area contributed by atoms with Crippen molar-refractivity contribution in [1.82, 2.24) is 4.98 Å². The lowest BCUT2D eigenvalue weighted by Gasteiger charge is -2.50. The van der Waals surface area contributed by atoms with Crippen LogP contribution < -0.4 is 4.98 Å². The predicted molar refractivity (Wildman–Crippen MR) is 164 cm³/mol. The van der Waals surface area contributed by atoms with Crippen molar-refractivity contribution in [2.45, 2.75) is 179 Å². The topological polar surface area (TPSA) is 12.0 Å². The van der Waals surface area contributed by atoms with E-state index in [1.807, 2.05) is 0 Å². The lowest BCUT2D eigenvalue weighted by Crippen LogP contribution is -2.58. The van der Waals surface area contributed by atoms with E-state index in [9.17, 15) is 0 Å². The Hall–Kier alpha value is 0.177. The average Bonchev–Trinajstić information content (AvgIpc) is 2.49. The second-order valence-electron chi connectivity index (χ2n) is 19.3. The van der Waals surface area contributed by atoms with Gasteiger partial charge in [-0.1, -0.05) is 110 Å². The van der Waals surface area contributed by atoms with Crippen molar-refractivity contribution in [3.05, 3.63) is 0 Å². The van der Waals surface area contributed by atoms with Crippen LogP contribution >= 0.6 is 0 Å². The van der Waals surface area contributed by atoms with Crippen LogP contribution in [0.5, 0.6) is 0 Å². The fraction of sp³-hybridized carbons (Fsp3) is 1.00. The minimum atomic E-state index is -1.45. The Morgan fingerprint density at radius 3 is 1.63 bits per heavy atom. The fourth-order valence-corrected chi connectivity index (χ4v) is 10.7. The minimum absolute atomic E-state index is 0.275. The molecule has 0 amide bonds. The van der Waals surface area contributed by atoms with Gasteiger partial charge in [0.25, 0.3) is 0 Å². The highest BCUT2D eigenvalue weighted by Crippen LogP contribution is 2.52. The number of hydrogen-bond donors (Lipinski definition) is 1. The molecule has 2 atom stereocenters. The van der Waals surface area contributed by atoms with Gasteiger partial charge in [0.15, 0.2) is 0 Å². The minimum Gasteiger partial charge on any atom is -0.332 e. The van der Waals surface area contributed by atoms with Gasteiger partial charge in [-0.25, -0.2) is 0 Å². The first kappa shape index (κ1) is 33.2. The van der Waals surface area contributed by atoms with Crippen LogP contribution in [0, 0.1) is 32.5 Å². The van der Waals surface area contributed by atoms with Gasteiger partial charge in [-0.15, -0.1) is 0 Å². The molecule has 1 fully saturated rings. The van der Waals surface area contributed by atoms with Crippen LogP contribution in [0.1, 0.15) is 154 Å². The van der Waals surface area contributed by atoms with Crippen molar-refractivity contribution in [2.24, 2.45) is 32.5 Å². The average molecular weight is 508 g/mol. The van der Waals surface area contributed by atoms with E-state index in [1.165, 1.54) is 64.2 Å². The Morgan fingerprint density at radius 1 is 0.657 bits per heavy atom. The lowest BCUT2D eigenvalue weighted by molar-refractivity contribution is 0.0440. The molecule has 1 aliphatic rings. The second-order valence-corrected chi connectivity index (χ2v) is 24.0. The molecule has 1 nitrogen and oxygen atoms in total. The van der Waals surface area contributed by atoms with Crippen LogP contribution in [0.25, 0.3) is 0 Å². The molecule has 1 rings (SSSR count). The molecule has 0 aliphatic heterocycles. The van der Waals surface area contributed by atoms with E-state index in [2.05, 4.69) is 115 Å². The van der Waals surface area contributed by atoms with Crippen molar-refractivity contribution >= 4 is 8.24 Å². The SMILES string of the molecule is CC(C)(C)CC(C)(C)CCC1(N[Si](C)(C)C)CCC(C)(C)CC(C)(C)CC(C)(CC(C)(C)C)CC1. The summed E-state index contributed by atoms with van der Waals surface area (Å²) in [6, 6.07) is 0. The van der Waals surface area contributed by atoms with Crippen LogP contribution in [0.3, 0.4) is 0 Å². The third kappa shape index (κ3) is 13.5. The lowest BCUT2D eigenvalue weighted by atomic mass is 9.58. The Labute approximate surface area is 224 Å². The zero-order valence-electron chi connectivity index (χ0n) is 27.6. The molecule has 0 spiro atoms. The first-order valence-electron chi connectivity index (χ1n) is 14.9. The highest BCUT2D eigenvalue weighted by atomic mass is 28.3. The predicted octanol–water partition coefficient (Wildman–Crippen LogP) is 11.2. The van der Waals surface area contributed by atoms with E-state index < -0.39 is 8.24 Å². The summed E-state index contributed by atoms with van der Waals surface area (Å²) < 4.78 is 0. The second kappa shape index (κ2) is 10.7. The van der Waals surface area contributed by atoms with Crippen LogP contribution in [0.4, 0.5) is 0 Å². The van der Waals surface area contributed by atoms with Crippen molar-refractivity contribution in [1.29, 1.82) is 0 Å². The smallest absolute Gasteiger partial charge is 0.116 e. The summed E-state index contributed by atoms with van der Waals surface area (Å²) in [4.78, 5) is 4.42. The van der Waals surface area contributed by atoms with Gasteiger partial charge in [-0.05, 0) is 96.7 Å². The van der Waals surface area contributed by atoms with E-state index in [4.69, 9.17) is 0 Å². The van der Waals surface area contributed by atoms with E-state index in [0.29, 0.717) is 32.5 Å². The molecule has 1 saturated carbocycles. The molecule has 210 valence electrons. The maximum Gasteiger partial charge on any atom is 0.116 e. The van der Waals surface area contributed by atoms with E-state index in [-0.39, 0.29) is 5.54 Å². The normalized spacial score (nSPS) is 29.1. The Bertz CT molecular complexity index is 667. The van der Waals surface area contributed by atoms with Crippen LogP contribution in [0.15, 0.2) is 0 Å². The number of hydrogen-bond acceptors (Lipinski definition) is 1. The van der Waals surface area contributed by atoms with Crippen molar-refractivity contribution < 1.29 is 0 Å². The Balaban J connectivity index is 3.43. The summed E-state index contributed by atoms with van der Waals surface area (Å²) in [7, 11) is -1.45. The Kier molecular flexibility index (Phi) is 10.2. The molecular formula is C33H69NSi. The first-order valence-corrected chi connectivity index (χ1v) is 18.4. The largest absolute Gasteiger partial charge is 0.332 e. The van der Waals surface area contributed by atoms with Crippen LogP contribution in [0.2, 0.25) is 19.6 Å². The molecular weight excluding hydrogens is 438 g/mol. The molecule has 2 heteroatoms. The summed E-state index contributed by atoms with van der Waals surface area (Å²) in [5.74, 6) is 0. The van der Waals surface area contributed by atoms with E-state index in [1.54, 1.807) is 0 Å². The molecule has 1 N–H and O–H groups in total. The van der Waals surface area contributed by atoms with Gasteiger partial charge in [0, 0.05) is 5.54 Å². The van der Waals surface area contributed by atoms with Gasteiger partial charge in [-0.3, -0.25) is 0 Å². The Morgan fingerprint density at radius 2 is 1.17 bits per heavy atom. The molecule has 0 saturated heterocycles. The summed E-state index contributed by atoms with van der Waals surface area (Å²) in [5.41, 5.74) is 2.58. The molecule has 0 aromatic rings. The van der Waals surface area contributed by atoms with Crippen LogP contribution in [-0.4, -0.2) is 13.8 Å². The molecule has 35 heavy (non-hydrogen) atoms. The van der Waals surface area contributed by atoms with Crippen molar-refractivity contribution in [3.8, 4) is 0 Å². The molecule has 0 heterocycles. The highest BCUT2D eigenvalue weighted by molar-refractivity contribution is 6.73. The summed E-state index contributed by atoms with van der Waals surface area (Å²) in [6.45, 7) is 40.1. The highest BCUT2D eigenvalue weighted by Gasteiger charge is 2.44. The van der Waals surface area contributed by atoms with Crippen LogP contribution in [-0.2, 0) is 0 Å².